The van der Waals surface area contributed by atoms with Gasteiger partial charge in [0.25, 0.3) is 0 Å². The second-order valence-electron chi connectivity index (χ2n) is 3.39. The van der Waals surface area contributed by atoms with E-state index in [1.165, 1.54) is 0 Å². The van der Waals surface area contributed by atoms with E-state index in [1.807, 2.05) is 13.8 Å². The molecule has 6 nitrogen and oxygen atoms in total. The maximum absolute atomic E-state index is 7.05. The van der Waals surface area contributed by atoms with Crippen LogP contribution in [0.2, 0.25) is 0 Å². The lowest BCUT2D eigenvalue weighted by Crippen LogP contribution is -2.17. The standard InChI is InChI=1S/C8H18N6.ClH/c1-5(3-7(9)10)13-14-6(2)4-8(11)12;/h5-6H,3-4H2,1-2H3,(H3,9,10)(H3,11,12);1H/b14-13+;. The molecule has 0 heterocycles. The van der Waals surface area contributed by atoms with Crippen LogP contribution in [0.1, 0.15) is 26.7 Å². The smallest absolute Gasteiger partial charge is 0.0927 e. The van der Waals surface area contributed by atoms with E-state index in [1.54, 1.807) is 0 Å². The van der Waals surface area contributed by atoms with Gasteiger partial charge in [0.1, 0.15) is 0 Å². The Labute approximate surface area is 95.9 Å². The van der Waals surface area contributed by atoms with E-state index >= 15 is 0 Å². The lowest BCUT2D eigenvalue weighted by atomic mass is 10.2. The molecule has 0 radical (unpaired) electrons. The summed E-state index contributed by atoms with van der Waals surface area (Å²) in [5.74, 6) is 0.214. The van der Waals surface area contributed by atoms with Crippen molar-refractivity contribution >= 4 is 24.1 Å². The quantitative estimate of drug-likeness (QED) is 0.314. The van der Waals surface area contributed by atoms with Crippen molar-refractivity contribution in [3.8, 4) is 0 Å². The van der Waals surface area contributed by atoms with Gasteiger partial charge in [0.05, 0.1) is 23.8 Å². The summed E-state index contributed by atoms with van der Waals surface area (Å²) in [6, 6.07) is -0.163. The molecular formula is C8H19ClN6. The van der Waals surface area contributed by atoms with Crippen LogP contribution in [0.5, 0.6) is 0 Å². The van der Waals surface area contributed by atoms with Gasteiger partial charge in [-0.1, -0.05) is 0 Å². The normalized spacial score (nSPS) is 14.3. The molecule has 0 aromatic carbocycles. The highest BCUT2D eigenvalue weighted by Gasteiger charge is 2.04. The molecule has 0 spiro atoms. The maximum atomic E-state index is 7.05. The fourth-order valence-corrected chi connectivity index (χ4v) is 0.946. The topological polar surface area (TPSA) is 124 Å². The van der Waals surface area contributed by atoms with Gasteiger partial charge in [0, 0.05) is 12.8 Å². The Balaban J connectivity index is 0. The monoisotopic (exact) mass is 234 g/mol. The van der Waals surface area contributed by atoms with Gasteiger partial charge in [-0.25, -0.2) is 0 Å². The average Bonchev–Trinajstić information content (AvgIpc) is 1.98. The van der Waals surface area contributed by atoms with E-state index in [4.69, 9.17) is 22.3 Å². The molecule has 0 aliphatic carbocycles. The van der Waals surface area contributed by atoms with Crippen molar-refractivity contribution in [1.29, 1.82) is 10.8 Å². The Bertz CT molecular complexity index is 215. The minimum Gasteiger partial charge on any atom is -0.388 e. The Kier molecular flexibility index (Phi) is 8.85. The Hall–Kier alpha value is -1.17. The fourth-order valence-electron chi connectivity index (χ4n) is 0.946. The lowest BCUT2D eigenvalue weighted by Gasteiger charge is -2.06. The predicted molar refractivity (Wildman–Crippen MR) is 64.1 cm³/mol. The fraction of sp³-hybridized carbons (Fsp3) is 0.750. The molecule has 0 aliphatic heterocycles. The number of halogens is 1. The summed E-state index contributed by atoms with van der Waals surface area (Å²) in [6.07, 6.45) is 0.826. The van der Waals surface area contributed by atoms with Gasteiger partial charge < -0.3 is 11.5 Å². The van der Waals surface area contributed by atoms with E-state index < -0.39 is 0 Å². The van der Waals surface area contributed by atoms with Crippen LogP contribution in [0.15, 0.2) is 10.2 Å². The summed E-state index contributed by atoms with van der Waals surface area (Å²) in [6.45, 7) is 3.68. The highest BCUT2D eigenvalue weighted by atomic mass is 35.5. The molecule has 2 unspecified atom stereocenters. The van der Waals surface area contributed by atoms with E-state index in [2.05, 4.69) is 10.2 Å². The Morgan fingerprint density at radius 2 is 1.27 bits per heavy atom. The van der Waals surface area contributed by atoms with Crippen LogP contribution in [0, 0.1) is 10.8 Å². The molecule has 15 heavy (non-hydrogen) atoms. The van der Waals surface area contributed by atoms with Crippen LogP contribution >= 0.6 is 12.4 Å². The summed E-state index contributed by atoms with van der Waals surface area (Å²) >= 11 is 0. The molecule has 0 bridgehead atoms. The Morgan fingerprint density at radius 3 is 1.47 bits per heavy atom. The van der Waals surface area contributed by atoms with Gasteiger partial charge in [-0.3, -0.25) is 10.8 Å². The molecule has 0 rings (SSSR count). The van der Waals surface area contributed by atoms with Crippen LogP contribution in [0.3, 0.4) is 0 Å². The second kappa shape index (κ2) is 8.16. The first-order chi connectivity index (χ1) is 6.41. The van der Waals surface area contributed by atoms with Crippen LogP contribution in [-0.2, 0) is 0 Å². The maximum Gasteiger partial charge on any atom is 0.0927 e. The molecule has 0 aromatic heterocycles. The van der Waals surface area contributed by atoms with Gasteiger partial charge in [-0.2, -0.15) is 10.2 Å². The zero-order valence-corrected chi connectivity index (χ0v) is 9.84. The summed E-state index contributed by atoms with van der Waals surface area (Å²) < 4.78 is 0. The van der Waals surface area contributed by atoms with E-state index in [9.17, 15) is 0 Å². The number of rotatable bonds is 6. The highest BCUT2D eigenvalue weighted by molar-refractivity contribution is 5.85. The number of nitrogens with two attached hydrogens (primary N) is 2. The van der Waals surface area contributed by atoms with Gasteiger partial charge in [-0.05, 0) is 13.8 Å². The van der Waals surface area contributed by atoms with Crippen molar-refractivity contribution in [3.63, 3.8) is 0 Å². The first-order valence-electron chi connectivity index (χ1n) is 4.47. The third-order valence-corrected chi connectivity index (χ3v) is 1.49. The van der Waals surface area contributed by atoms with Crippen LogP contribution in [0.25, 0.3) is 0 Å². The van der Waals surface area contributed by atoms with Crippen molar-refractivity contribution < 1.29 is 0 Å². The number of nitrogens with one attached hydrogen (secondary N) is 2. The van der Waals surface area contributed by atoms with Crippen molar-refractivity contribution in [2.24, 2.45) is 21.7 Å². The molecule has 0 fully saturated rings. The molecule has 0 aliphatic rings. The summed E-state index contributed by atoms with van der Waals surface area (Å²) in [7, 11) is 0. The highest BCUT2D eigenvalue weighted by Crippen LogP contribution is 2.02. The summed E-state index contributed by atoms with van der Waals surface area (Å²) in [4.78, 5) is 0. The predicted octanol–water partition coefficient (Wildman–Crippen LogP) is 1.29. The van der Waals surface area contributed by atoms with E-state index in [-0.39, 0.29) is 36.2 Å². The van der Waals surface area contributed by atoms with Gasteiger partial charge in [-0.15, -0.1) is 12.4 Å². The van der Waals surface area contributed by atoms with Gasteiger partial charge in [0.2, 0.25) is 0 Å². The van der Waals surface area contributed by atoms with Gasteiger partial charge in [0.15, 0.2) is 0 Å². The largest absolute Gasteiger partial charge is 0.388 e. The molecule has 0 saturated carbocycles. The molecule has 0 aromatic rings. The molecular weight excluding hydrogens is 216 g/mol. The number of nitrogens with zero attached hydrogens (tertiary/aromatic N) is 2. The average molecular weight is 235 g/mol. The number of hydrogen-bond donors (Lipinski definition) is 4. The second-order valence-corrected chi connectivity index (χ2v) is 3.39. The summed E-state index contributed by atoms with van der Waals surface area (Å²) in [5, 5.41) is 22.0. The van der Waals surface area contributed by atoms with Crippen molar-refractivity contribution in [1.82, 2.24) is 0 Å². The van der Waals surface area contributed by atoms with Crippen LogP contribution in [-0.4, -0.2) is 23.8 Å². The first kappa shape index (κ1) is 16.3. The minimum atomic E-state index is -0.0816. The minimum absolute atomic E-state index is 0. The third kappa shape index (κ3) is 10.8. The number of azo groups is 1. The zero-order valence-electron chi connectivity index (χ0n) is 9.03. The SMILES string of the molecule is CC(CC(=N)N)/N=N/C(C)CC(=N)N.Cl. The molecule has 2 atom stereocenters. The molecule has 6 N–H and O–H groups in total. The van der Waals surface area contributed by atoms with Gasteiger partial charge >= 0.3 is 0 Å². The third-order valence-electron chi connectivity index (χ3n) is 1.49. The summed E-state index contributed by atoms with van der Waals surface area (Å²) in [5.41, 5.74) is 10.4. The molecule has 7 heteroatoms. The van der Waals surface area contributed by atoms with E-state index in [0.29, 0.717) is 12.8 Å². The lowest BCUT2D eigenvalue weighted by molar-refractivity contribution is 0.637. The van der Waals surface area contributed by atoms with Crippen molar-refractivity contribution in [3.05, 3.63) is 0 Å². The van der Waals surface area contributed by atoms with Crippen molar-refractivity contribution in [2.45, 2.75) is 38.8 Å². The Morgan fingerprint density at radius 1 is 1.00 bits per heavy atom. The van der Waals surface area contributed by atoms with Crippen LogP contribution in [0.4, 0.5) is 0 Å². The van der Waals surface area contributed by atoms with E-state index in [0.717, 1.165) is 0 Å². The number of amidine groups is 2. The number of hydrogen-bond acceptors (Lipinski definition) is 4. The zero-order chi connectivity index (χ0) is 11.1. The molecule has 88 valence electrons. The molecule has 0 saturated heterocycles. The molecule has 0 amide bonds. The van der Waals surface area contributed by atoms with Crippen LogP contribution < -0.4 is 11.5 Å². The first-order valence-corrected chi connectivity index (χ1v) is 4.47. The van der Waals surface area contributed by atoms with Crippen molar-refractivity contribution in [2.75, 3.05) is 0 Å².